The molecule has 4 rings (SSSR count). The zero-order valence-electron chi connectivity index (χ0n) is 19.6. The molecule has 0 saturated heterocycles. The van der Waals surface area contributed by atoms with Crippen molar-refractivity contribution in [2.75, 3.05) is 11.9 Å². The van der Waals surface area contributed by atoms with Crippen molar-refractivity contribution < 1.29 is 19.1 Å². The number of benzene rings is 2. The van der Waals surface area contributed by atoms with Crippen LogP contribution in [0.1, 0.15) is 37.7 Å². The van der Waals surface area contributed by atoms with Crippen molar-refractivity contribution in [3.8, 4) is 5.69 Å². The molecule has 2 heterocycles. The molecule has 4 aromatic rings. The zero-order chi connectivity index (χ0) is 24.9. The van der Waals surface area contributed by atoms with Gasteiger partial charge in [-0.25, -0.2) is 9.48 Å². The number of para-hydroxylation sites is 1. The number of nitrogens with zero attached hydrogens (tertiary/aromatic N) is 5. The molecule has 178 valence electrons. The Morgan fingerprint density at radius 3 is 2.43 bits per heavy atom. The summed E-state index contributed by atoms with van der Waals surface area (Å²) in [6.45, 7) is 5.25. The lowest BCUT2D eigenvalue weighted by atomic mass is 10.1. The minimum absolute atomic E-state index is 0.120. The lowest BCUT2D eigenvalue weighted by Gasteiger charge is -2.11. The van der Waals surface area contributed by atoms with Gasteiger partial charge >= 0.3 is 5.97 Å². The maximum absolute atomic E-state index is 12.9. The highest BCUT2D eigenvalue weighted by molar-refractivity contribution is 6.03. The molecule has 2 aromatic carbocycles. The number of Topliss-reactive ketones (excluding diaryl/α,β-unsaturated/α-hetero) is 1. The topological polar surface area (TPSA) is 121 Å². The van der Waals surface area contributed by atoms with Gasteiger partial charge in [-0.1, -0.05) is 29.8 Å². The van der Waals surface area contributed by atoms with Gasteiger partial charge < -0.3 is 14.6 Å². The highest BCUT2D eigenvalue weighted by Gasteiger charge is 2.20. The van der Waals surface area contributed by atoms with Gasteiger partial charge in [0.2, 0.25) is 11.7 Å². The predicted octanol–water partition coefficient (Wildman–Crippen LogP) is 3.07. The van der Waals surface area contributed by atoms with E-state index in [0.29, 0.717) is 5.56 Å². The van der Waals surface area contributed by atoms with E-state index in [1.54, 1.807) is 24.3 Å². The molecular weight excluding hydrogens is 448 g/mol. The van der Waals surface area contributed by atoms with Gasteiger partial charge in [-0.15, -0.1) is 5.10 Å². The van der Waals surface area contributed by atoms with Crippen molar-refractivity contribution in [3.63, 3.8) is 0 Å². The standard InChI is InChI=1S/C25H24N6O4/c1-16-8-10-19(11-9-16)31-17(2)12-21(18(31)3)23(32)14-35-25(34)20-6-4-5-7-22(20)27-24(33)13-30-15-26-28-29-30/h4-12,15H,13-14H2,1-3H3,(H,27,33). The fraction of sp³-hybridized carbons (Fsp3) is 0.200. The van der Waals surface area contributed by atoms with Gasteiger partial charge in [0.25, 0.3) is 0 Å². The number of tetrazole rings is 1. The van der Waals surface area contributed by atoms with Crippen molar-refractivity contribution in [2.24, 2.45) is 0 Å². The number of nitrogens with one attached hydrogen (secondary N) is 1. The second kappa shape index (κ2) is 10.1. The largest absolute Gasteiger partial charge is 0.454 e. The third-order valence-electron chi connectivity index (χ3n) is 5.48. The number of rotatable bonds is 8. The number of carbonyl (C=O) groups excluding carboxylic acids is 3. The van der Waals surface area contributed by atoms with Gasteiger partial charge in [0.15, 0.2) is 6.61 Å². The van der Waals surface area contributed by atoms with E-state index in [9.17, 15) is 14.4 Å². The normalized spacial score (nSPS) is 10.7. The minimum atomic E-state index is -0.719. The van der Waals surface area contributed by atoms with Gasteiger partial charge in [-0.3, -0.25) is 9.59 Å². The van der Waals surface area contributed by atoms with E-state index >= 15 is 0 Å². The SMILES string of the molecule is Cc1ccc(-n2c(C)cc(C(=O)COC(=O)c3ccccc3NC(=O)Cn3cnnn3)c2C)cc1. The van der Waals surface area contributed by atoms with E-state index < -0.39 is 18.5 Å². The Morgan fingerprint density at radius 2 is 1.71 bits per heavy atom. The average Bonchev–Trinajstić information content (AvgIpc) is 3.45. The van der Waals surface area contributed by atoms with Crippen molar-refractivity contribution in [3.05, 3.63) is 89.0 Å². The number of ether oxygens (including phenoxy) is 1. The number of aromatic nitrogens is 5. The summed E-state index contributed by atoms with van der Waals surface area (Å²) >= 11 is 0. The van der Waals surface area contributed by atoms with Gasteiger partial charge in [0.05, 0.1) is 11.3 Å². The molecule has 2 aromatic heterocycles. The van der Waals surface area contributed by atoms with Crippen molar-refractivity contribution >= 4 is 23.3 Å². The number of hydrogen-bond donors (Lipinski definition) is 1. The predicted molar refractivity (Wildman–Crippen MR) is 127 cm³/mol. The first kappa shape index (κ1) is 23.6. The molecule has 10 heteroatoms. The van der Waals surface area contributed by atoms with Crippen LogP contribution >= 0.6 is 0 Å². The highest BCUT2D eigenvalue weighted by atomic mass is 16.5. The lowest BCUT2D eigenvalue weighted by Crippen LogP contribution is -2.21. The molecule has 0 aliphatic carbocycles. The Labute approximate surface area is 201 Å². The second-order valence-electron chi connectivity index (χ2n) is 8.06. The summed E-state index contributed by atoms with van der Waals surface area (Å²) in [6, 6.07) is 16.2. The number of esters is 1. The summed E-state index contributed by atoms with van der Waals surface area (Å²) in [5, 5.41) is 13.2. The third kappa shape index (κ3) is 5.32. The first-order valence-electron chi connectivity index (χ1n) is 10.9. The van der Waals surface area contributed by atoms with Gasteiger partial charge in [0, 0.05) is 22.6 Å². The van der Waals surface area contributed by atoms with Crippen molar-refractivity contribution in [2.45, 2.75) is 27.3 Å². The van der Waals surface area contributed by atoms with Crippen LogP contribution in [-0.4, -0.2) is 49.0 Å². The Kier molecular flexibility index (Phi) is 6.81. The Bertz CT molecular complexity index is 1370. The van der Waals surface area contributed by atoms with Crippen LogP contribution in [0.5, 0.6) is 0 Å². The molecule has 0 saturated carbocycles. The zero-order valence-corrected chi connectivity index (χ0v) is 19.6. The molecule has 35 heavy (non-hydrogen) atoms. The van der Waals surface area contributed by atoms with E-state index in [0.717, 1.165) is 22.6 Å². The van der Waals surface area contributed by atoms with Crippen LogP contribution in [0.25, 0.3) is 5.69 Å². The summed E-state index contributed by atoms with van der Waals surface area (Å²) in [6.07, 6.45) is 1.31. The number of amides is 1. The number of anilines is 1. The summed E-state index contributed by atoms with van der Waals surface area (Å²) < 4.78 is 8.55. The average molecular weight is 473 g/mol. The molecular formula is C25H24N6O4. The summed E-state index contributed by atoms with van der Waals surface area (Å²) in [4.78, 5) is 37.9. The molecule has 0 aliphatic rings. The molecule has 0 atom stereocenters. The third-order valence-corrected chi connectivity index (χ3v) is 5.48. The fourth-order valence-corrected chi connectivity index (χ4v) is 3.78. The molecule has 0 aliphatic heterocycles. The molecule has 0 bridgehead atoms. The number of carbonyl (C=O) groups is 3. The first-order chi connectivity index (χ1) is 16.8. The van der Waals surface area contributed by atoms with E-state index in [1.165, 1.54) is 17.1 Å². The second-order valence-corrected chi connectivity index (χ2v) is 8.06. The number of hydrogen-bond acceptors (Lipinski definition) is 7. The van der Waals surface area contributed by atoms with Crippen LogP contribution in [0.15, 0.2) is 60.9 Å². The van der Waals surface area contributed by atoms with Gasteiger partial charge in [0.1, 0.15) is 12.9 Å². The molecule has 0 unspecified atom stereocenters. The van der Waals surface area contributed by atoms with Crippen LogP contribution < -0.4 is 5.32 Å². The molecule has 0 radical (unpaired) electrons. The molecule has 10 nitrogen and oxygen atoms in total. The molecule has 1 amide bonds. The van der Waals surface area contributed by atoms with Gasteiger partial charge in [-0.2, -0.15) is 0 Å². The molecule has 0 fully saturated rings. The molecule has 0 spiro atoms. The maximum atomic E-state index is 12.9. The summed E-state index contributed by atoms with van der Waals surface area (Å²) in [5.41, 5.74) is 4.65. The van der Waals surface area contributed by atoms with Crippen molar-refractivity contribution in [1.29, 1.82) is 0 Å². The van der Waals surface area contributed by atoms with Crippen LogP contribution in [-0.2, 0) is 16.1 Å². The van der Waals surface area contributed by atoms with Crippen LogP contribution in [0.4, 0.5) is 5.69 Å². The first-order valence-corrected chi connectivity index (χ1v) is 10.9. The lowest BCUT2D eigenvalue weighted by molar-refractivity contribution is -0.116. The van der Waals surface area contributed by atoms with E-state index in [2.05, 4.69) is 20.8 Å². The smallest absolute Gasteiger partial charge is 0.340 e. The van der Waals surface area contributed by atoms with Crippen molar-refractivity contribution in [1.82, 2.24) is 24.8 Å². The summed E-state index contributed by atoms with van der Waals surface area (Å²) in [7, 11) is 0. The Hall–Kier alpha value is -4.60. The quantitative estimate of drug-likeness (QED) is 0.309. The van der Waals surface area contributed by atoms with Crippen LogP contribution in [0.2, 0.25) is 0 Å². The Balaban J connectivity index is 1.44. The summed E-state index contributed by atoms with van der Waals surface area (Å²) in [5.74, 6) is -1.45. The fourth-order valence-electron chi connectivity index (χ4n) is 3.78. The highest BCUT2D eigenvalue weighted by Crippen LogP contribution is 2.22. The number of aryl methyl sites for hydroxylation is 2. The van der Waals surface area contributed by atoms with E-state index in [-0.39, 0.29) is 23.6 Å². The molecule has 1 N–H and O–H groups in total. The van der Waals surface area contributed by atoms with Gasteiger partial charge in [-0.05, 0) is 61.5 Å². The van der Waals surface area contributed by atoms with Crippen LogP contribution in [0, 0.1) is 20.8 Å². The maximum Gasteiger partial charge on any atom is 0.340 e. The Morgan fingerprint density at radius 1 is 0.971 bits per heavy atom. The minimum Gasteiger partial charge on any atom is -0.454 e. The number of ketones is 1. The van der Waals surface area contributed by atoms with E-state index in [4.69, 9.17) is 4.74 Å². The monoisotopic (exact) mass is 472 g/mol. The van der Waals surface area contributed by atoms with E-state index in [1.807, 2.05) is 49.6 Å². The van der Waals surface area contributed by atoms with Crippen LogP contribution in [0.3, 0.4) is 0 Å².